The maximum atomic E-state index is 11.1. The molecule has 0 amide bonds. The maximum Gasteiger partial charge on any atom is 0.336 e. The highest BCUT2D eigenvalue weighted by molar-refractivity contribution is 5.77. The summed E-state index contributed by atoms with van der Waals surface area (Å²) in [6, 6.07) is 8.12. The van der Waals surface area contributed by atoms with E-state index in [1.807, 2.05) is 0 Å². The van der Waals surface area contributed by atoms with E-state index in [9.17, 15) is 9.59 Å². The zero-order chi connectivity index (χ0) is 13.0. The van der Waals surface area contributed by atoms with Gasteiger partial charge in [-0.05, 0) is 18.2 Å². The van der Waals surface area contributed by atoms with Crippen LogP contribution in [-0.2, 0) is 4.79 Å². The molecule has 2 aromatic rings. The molecule has 1 atom stereocenters. The molecular weight excluding hydrogens is 236 g/mol. The minimum Gasteiger partial charge on any atom is -0.493 e. The van der Waals surface area contributed by atoms with Gasteiger partial charge in [-0.15, -0.1) is 0 Å². The van der Waals surface area contributed by atoms with Gasteiger partial charge in [-0.3, -0.25) is 0 Å². The van der Waals surface area contributed by atoms with Gasteiger partial charge in [0.25, 0.3) is 0 Å². The summed E-state index contributed by atoms with van der Waals surface area (Å²) in [4.78, 5) is 21.3. The number of carbonyl (C=O) groups excluding carboxylic acids is 1. The topological polar surface area (TPSA) is 76.7 Å². The van der Waals surface area contributed by atoms with Crippen LogP contribution < -0.4 is 10.4 Å². The minimum absolute atomic E-state index is 0.211. The van der Waals surface area contributed by atoms with E-state index in [2.05, 4.69) is 0 Å². The molecule has 2 rings (SSSR count). The largest absolute Gasteiger partial charge is 0.493 e. The van der Waals surface area contributed by atoms with Crippen LogP contribution in [0.5, 0.6) is 5.75 Å². The summed E-state index contributed by atoms with van der Waals surface area (Å²) in [5.74, 6) is 0.523. The molecule has 0 spiro atoms. The van der Waals surface area contributed by atoms with E-state index in [-0.39, 0.29) is 13.0 Å². The van der Waals surface area contributed by atoms with Gasteiger partial charge in [-0.1, -0.05) is 0 Å². The van der Waals surface area contributed by atoms with Crippen molar-refractivity contribution in [3.05, 3.63) is 40.8 Å². The quantitative estimate of drug-likeness (QED) is 0.633. The van der Waals surface area contributed by atoms with Crippen LogP contribution in [0.2, 0.25) is 0 Å². The van der Waals surface area contributed by atoms with Crippen LogP contribution in [0.1, 0.15) is 6.42 Å². The summed E-state index contributed by atoms with van der Waals surface area (Å²) in [7, 11) is 0. The molecule has 0 unspecified atom stereocenters. The lowest BCUT2D eigenvalue weighted by Crippen LogP contribution is -2.12. The first-order chi connectivity index (χ1) is 8.69. The van der Waals surface area contributed by atoms with Crippen LogP contribution in [0, 0.1) is 0 Å². The summed E-state index contributed by atoms with van der Waals surface area (Å²) in [6.07, 6.45) is -0.327. The van der Waals surface area contributed by atoms with Crippen LogP contribution in [0.3, 0.4) is 0 Å². The molecule has 94 valence electrons. The van der Waals surface area contributed by atoms with Crippen molar-refractivity contribution in [3.63, 3.8) is 0 Å². The second-order valence-electron chi connectivity index (χ2n) is 3.79. The summed E-state index contributed by atoms with van der Waals surface area (Å²) < 4.78 is 10.4. The Labute approximate surface area is 103 Å². The standard InChI is InChI=1S/C13H12O5/c14-8-10(15)5-6-17-11-3-1-9-2-4-13(16)18-12(9)7-11/h1-4,7-8,10,15H,5-6H2/t10-/m0/s1. The van der Waals surface area contributed by atoms with E-state index in [1.54, 1.807) is 24.3 Å². The third kappa shape index (κ3) is 2.95. The normalized spacial score (nSPS) is 12.3. The molecule has 0 radical (unpaired) electrons. The molecule has 0 aliphatic carbocycles. The van der Waals surface area contributed by atoms with Gasteiger partial charge in [0, 0.05) is 23.9 Å². The van der Waals surface area contributed by atoms with Gasteiger partial charge >= 0.3 is 5.63 Å². The Morgan fingerprint density at radius 2 is 2.11 bits per heavy atom. The number of benzene rings is 1. The lowest BCUT2D eigenvalue weighted by molar-refractivity contribution is -0.115. The number of aldehydes is 1. The third-order valence-electron chi connectivity index (χ3n) is 2.43. The fourth-order valence-electron chi connectivity index (χ4n) is 1.50. The molecule has 1 aromatic carbocycles. The van der Waals surface area contributed by atoms with Crippen LogP contribution in [0.25, 0.3) is 11.0 Å². The molecule has 5 heteroatoms. The van der Waals surface area contributed by atoms with Gasteiger partial charge in [0.2, 0.25) is 0 Å². The minimum atomic E-state index is -1.01. The molecule has 0 saturated heterocycles. The van der Waals surface area contributed by atoms with Crippen LogP contribution in [0.15, 0.2) is 39.5 Å². The first kappa shape index (κ1) is 12.3. The number of hydrogen-bond acceptors (Lipinski definition) is 5. The predicted octanol–water partition coefficient (Wildman–Crippen LogP) is 1.12. The molecule has 0 aliphatic heterocycles. The van der Waals surface area contributed by atoms with E-state index in [0.29, 0.717) is 17.6 Å². The van der Waals surface area contributed by atoms with Gasteiger partial charge in [0.15, 0.2) is 0 Å². The summed E-state index contributed by atoms with van der Waals surface area (Å²) in [6.45, 7) is 0.211. The monoisotopic (exact) mass is 248 g/mol. The molecule has 0 saturated carbocycles. The molecule has 5 nitrogen and oxygen atoms in total. The predicted molar refractivity (Wildman–Crippen MR) is 64.7 cm³/mol. The number of carbonyl (C=O) groups is 1. The van der Waals surface area contributed by atoms with E-state index in [0.717, 1.165) is 5.39 Å². The second-order valence-corrected chi connectivity index (χ2v) is 3.79. The Hall–Kier alpha value is -2.14. The second kappa shape index (κ2) is 5.46. The molecular formula is C13H12O5. The van der Waals surface area contributed by atoms with Gasteiger partial charge in [-0.2, -0.15) is 0 Å². The van der Waals surface area contributed by atoms with Gasteiger partial charge in [-0.25, -0.2) is 4.79 Å². The van der Waals surface area contributed by atoms with Gasteiger partial charge in [0.05, 0.1) is 6.61 Å². The van der Waals surface area contributed by atoms with E-state index in [4.69, 9.17) is 14.3 Å². The number of hydrogen-bond donors (Lipinski definition) is 1. The van der Waals surface area contributed by atoms with E-state index in [1.165, 1.54) is 6.07 Å². The van der Waals surface area contributed by atoms with Crippen molar-refractivity contribution in [1.82, 2.24) is 0 Å². The summed E-state index contributed by atoms with van der Waals surface area (Å²) in [5, 5.41) is 9.84. The number of ether oxygens (including phenoxy) is 1. The van der Waals surface area contributed by atoms with E-state index >= 15 is 0 Å². The third-order valence-corrected chi connectivity index (χ3v) is 2.43. The van der Waals surface area contributed by atoms with Crippen LogP contribution in [0.4, 0.5) is 0 Å². The lowest BCUT2D eigenvalue weighted by Gasteiger charge is -2.07. The molecule has 0 bridgehead atoms. The van der Waals surface area contributed by atoms with Crippen molar-refractivity contribution in [3.8, 4) is 5.75 Å². The Morgan fingerprint density at radius 1 is 1.33 bits per heavy atom. The highest BCUT2D eigenvalue weighted by Gasteiger charge is 2.03. The zero-order valence-electron chi connectivity index (χ0n) is 9.54. The fourth-order valence-corrected chi connectivity index (χ4v) is 1.50. The average Bonchev–Trinajstić information content (AvgIpc) is 2.38. The Kier molecular flexibility index (Phi) is 3.74. The van der Waals surface area contributed by atoms with Crippen molar-refractivity contribution >= 4 is 17.3 Å². The highest BCUT2D eigenvalue weighted by Crippen LogP contribution is 2.19. The molecule has 18 heavy (non-hydrogen) atoms. The summed E-state index contributed by atoms with van der Waals surface area (Å²) >= 11 is 0. The Bertz CT molecular complexity index is 602. The van der Waals surface area contributed by atoms with Crippen molar-refractivity contribution < 1.29 is 19.1 Å². The van der Waals surface area contributed by atoms with E-state index < -0.39 is 11.7 Å². The number of aliphatic hydroxyl groups is 1. The van der Waals surface area contributed by atoms with Gasteiger partial charge < -0.3 is 19.1 Å². The molecule has 1 N–H and O–H groups in total. The summed E-state index contributed by atoms with van der Waals surface area (Å²) in [5.41, 5.74) is 0.0203. The van der Waals surface area contributed by atoms with Crippen molar-refractivity contribution in [2.75, 3.05) is 6.61 Å². The molecule has 0 fully saturated rings. The maximum absolute atomic E-state index is 11.1. The average molecular weight is 248 g/mol. The first-order valence-corrected chi connectivity index (χ1v) is 5.49. The van der Waals surface area contributed by atoms with Crippen molar-refractivity contribution in [2.45, 2.75) is 12.5 Å². The van der Waals surface area contributed by atoms with Crippen molar-refractivity contribution in [1.29, 1.82) is 0 Å². The van der Waals surface area contributed by atoms with Gasteiger partial charge in [0.1, 0.15) is 23.7 Å². The Balaban J connectivity index is 2.10. The molecule has 1 aromatic heterocycles. The lowest BCUT2D eigenvalue weighted by atomic mass is 10.2. The fraction of sp³-hybridized carbons (Fsp3) is 0.231. The molecule has 1 heterocycles. The van der Waals surface area contributed by atoms with Crippen molar-refractivity contribution in [2.24, 2.45) is 0 Å². The molecule has 0 aliphatic rings. The zero-order valence-corrected chi connectivity index (χ0v) is 9.54. The Morgan fingerprint density at radius 3 is 2.89 bits per heavy atom. The number of fused-ring (bicyclic) bond motifs is 1. The number of rotatable bonds is 5. The first-order valence-electron chi connectivity index (χ1n) is 5.49. The highest BCUT2D eigenvalue weighted by atomic mass is 16.5. The number of aliphatic hydroxyl groups excluding tert-OH is 1. The van der Waals surface area contributed by atoms with Crippen LogP contribution >= 0.6 is 0 Å². The van der Waals surface area contributed by atoms with Crippen LogP contribution in [-0.4, -0.2) is 24.1 Å². The smallest absolute Gasteiger partial charge is 0.336 e. The SMILES string of the molecule is O=C[C@@H](O)CCOc1ccc2ccc(=O)oc2c1.